The average Bonchev–Trinajstić information content (AvgIpc) is 2.86. The zero-order valence-electron chi connectivity index (χ0n) is 18.5. The number of nitrogens with zero attached hydrogens (tertiary/aromatic N) is 2. The number of hydrogen-bond acceptors (Lipinski definition) is 5. The van der Waals surface area contributed by atoms with Crippen LogP contribution in [0.25, 0.3) is 0 Å². The Morgan fingerprint density at radius 1 is 0.909 bits per heavy atom. The van der Waals surface area contributed by atoms with Crippen molar-refractivity contribution in [1.82, 2.24) is 14.5 Å². The van der Waals surface area contributed by atoms with Gasteiger partial charge in [0.15, 0.2) is 0 Å². The molecular weight excluding hydrogens is 442 g/mol. The van der Waals surface area contributed by atoms with E-state index in [4.69, 9.17) is 4.74 Å². The molecule has 2 amide bonds. The number of fused-ring (bicyclic) bond motifs is 1. The minimum atomic E-state index is -3.60. The normalized spacial score (nSPS) is 16.7. The van der Waals surface area contributed by atoms with Crippen molar-refractivity contribution in [2.75, 3.05) is 32.7 Å². The number of carbonyl (C=O) groups is 2. The van der Waals surface area contributed by atoms with Gasteiger partial charge in [-0.3, -0.25) is 4.79 Å². The van der Waals surface area contributed by atoms with Crippen LogP contribution in [0.4, 0.5) is 4.79 Å². The minimum Gasteiger partial charge on any atom is -0.445 e. The number of sulfonamides is 1. The average molecular weight is 472 g/mol. The number of rotatable bonds is 6. The first kappa shape index (κ1) is 23.3. The lowest BCUT2D eigenvalue weighted by Gasteiger charge is -2.34. The molecule has 4 rings (SSSR count). The number of amides is 2. The molecule has 2 aromatic carbocycles. The van der Waals surface area contributed by atoms with Crippen molar-refractivity contribution in [3.05, 3.63) is 65.2 Å². The second-order valence-electron chi connectivity index (χ2n) is 8.34. The molecule has 1 N–H and O–H groups in total. The first-order chi connectivity index (χ1) is 15.9. The summed E-state index contributed by atoms with van der Waals surface area (Å²) >= 11 is 0. The van der Waals surface area contributed by atoms with Crippen LogP contribution >= 0.6 is 0 Å². The van der Waals surface area contributed by atoms with E-state index in [1.807, 2.05) is 42.5 Å². The quantitative estimate of drug-likeness (QED) is 0.698. The van der Waals surface area contributed by atoms with E-state index in [1.54, 1.807) is 11.0 Å². The van der Waals surface area contributed by atoms with Gasteiger partial charge < -0.3 is 15.0 Å². The Balaban J connectivity index is 1.25. The maximum atomic E-state index is 13.1. The number of nitrogens with one attached hydrogen (secondary N) is 1. The first-order valence-electron chi connectivity index (χ1n) is 11.3. The van der Waals surface area contributed by atoms with Crippen LogP contribution in [0, 0.1) is 0 Å². The monoisotopic (exact) mass is 471 g/mol. The highest BCUT2D eigenvalue weighted by Crippen LogP contribution is 2.26. The summed E-state index contributed by atoms with van der Waals surface area (Å²) < 4.78 is 32.7. The zero-order chi connectivity index (χ0) is 23.3. The molecule has 9 heteroatoms. The van der Waals surface area contributed by atoms with E-state index in [1.165, 1.54) is 9.87 Å². The van der Waals surface area contributed by atoms with Gasteiger partial charge in [-0.2, -0.15) is 4.31 Å². The molecule has 8 nitrogen and oxygen atoms in total. The van der Waals surface area contributed by atoms with E-state index >= 15 is 0 Å². The summed E-state index contributed by atoms with van der Waals surface area (Å²) in [6.07, 6.45) is 3.49. The Morgan fingerprint density at radius 3 is 2.33 bits per heavy atom. The van der Waals surface area contributed by atoms with Gasteiger partial charge in [0.1, 0.15) is 13.2 Å². The van der Waals surface area contributed by atoms with Crippen molar-refractivity contribution < 1.29 is 22.7 Å². The lowest BCUT2D eigenvalue weighted by Crippen LogP contribution is -2.52. The Kier molecular flexibility index (Phi) is 7.29. The van der Waals surface area contributed by atoms with Gasteiger partial charge in [0.25, 0.3) is 0 Å². The summed E-state index contributed by atoms with van der Waals surface area (Å²) in [6.45, 7) is 0.950. The molecule has 0 atom stereocenters. The number of hydrogen-bond donors (Lipinski definition) is 1. The molecule has 1 saturated heterocycles. The topological polar surface area (TPSA) is 96.0 Å². The number of piperazine rings is 1. The molecule has 2 aromatic rings. The van der Waals surface area contributed by atoms with Crippen molar-refractivity contribution >= 4 is 22.0 Å². The van der Waals surface area contributed by atoms with Crippen LogP contribution in [0.5, 0.6) is 0 Å². The Labute approximate surface area is 194 Å². The maximum absolute atomic E-state index is 13.1. The zero-order valence-corrected chi connectivity index (χ0v) is 19.4. The van der Waals surface area contributed by atoms with E-state index in [0.717, 1.165) is 36.8 Å². The number of benzene rings is 2. The number of carbonyl (C=O) groups excluding carboxylic acids is 2. The highest BCUT2D eigenvalue weighted by molar-refractivity contribution is 7.89. The Hall–Kier alpha value is -2.91. The van der Waals surface area contributed by atoms with Crippen molar-refractivity contribution in [3.63, 3.8) is 0 Å². The summed E-state index contributed by atoms with van der Waals surface area (Å²) in [5.74, 6) is -0.266. The fraction of sp³-hybridized carbons (Fsp3) is 0.417. The second kappa shape index (κ2) is 10.4. The number of ether oxygens (including phenoxy) is 1. The van der Waals surface area contributed by atoms with Crippen molar-refractivity contribution in [2.45, 2.75) is 37.2 Å². The molecule has 0 unspecified atom stereocenters. The van der Waals surface area contributed by atoms with Gasteiger partial charge in [0.2, 0.25) is 15.9 Å². The molecule has 176 valence electrons. The molecule has 0 bridgehead atoms. The Morgan fingerprint density at radius 2 is 1.61 bits per heavy atom. The molecule has 1 fully saturated rings. The van der Waals surface area contributed by atoms with Crippen molar-refractivity contribution in [1.29, 1.82) is 0 Å². The third-order valence-corrected chi connectivity index (χ3v) is 8.04. The summed E-state index contributed by atoms with van der Waals surface area (Å²) in [4.78, 5) is 26.2. The van der Waals surface area contributed by atoms with Crippen LogP contribution in [0.15, 0.2) is 53.4 Å². The van der Waals surface area contributed by atoms with Gasteiger partial charge in [-0.15, -0.1) is 0 Å². The molecule has 1 heterocycles. The van der Waals surface area contributed by atoms with Crippen LogP contribution < -0.4 is 5.32 Å². The third-order valence-electron chi connectivity index (χ3n) is 6.15. The molecular formula is C24H29N3O5S. The van der Waals surface area contributed by atoms with Gasteiger partial charge in [-0.1, -0.05) is 36.4 Å². The predicted molar refractivity (Wildman–Crippen MR) is 123 cm³/mol. The van der Waals surface area contributed by atoms with Crippen LogP contribution in [0.2, 0.25) is 0 Å². The fourth-order valence-electron chi connectivity index (χ4n) is 4.23. The maximum Gasteiger partial charge on any atom is 0.407 e. The van der Waals surface area contributed by atoms with Gasteiger partial charge in [0, 0.05) is 26.2 Å². The van der Waals surface area contributed by atoms with Gasteiger partial charge in [0.05, 0.1) is 4.90 Å². The van der Waals surface area contributed by atoms with E-state index < -0.39 is 16.1 Å². The molecule has 0 aromatic heterocycles. The van der Waals surface area contributed by atoms with Gasteiger partial charge >= 0.3 is 6.09 Å². The van der Waals surface area contributed by atoms with Crippen LogP contribution in [-0.4, -0.2) is 62.3 Å². The number of aryl methyl sites for hydroxylation is 2. The van der Waals surface area contributed by atoms with Crippen LogP contribution in [0.3, 0.4) is 0 Å². The van der Waals surface area contributed by atoms with Crippen molar-refractivity contribution in [3.8, 4) is 0 Å². The predicted octanol–water partition coefficient (Wildman–Crippen LogP) is 2.32. The molecule has 0 spiro atoms. The SMILES string of the molecule is O=C(NCC(=O)N1CCN(S(=O)(=O)c2ccc3c(c2)CCCC3)CC1)OCc1ccccc1. The summed E-state index contributed by atoms with van der Waals surface area (Å²) in [5.41, 5.74) is 3.22. The highest BCUT2D eigenvalue weighted by atomic mass is 32.2. The summed E-state index contributed by atoms with van der Waals surface area (Å²) in [7, 11) is -3.60. The smallest absolute Gasteiger partial charge is 0.407 e. The highest BCUT2D eigenvalue weighted by Gasteiger charge is 2.30. The van der Waals surface area contributed by atoms with E-state index in [0.29, 0.717) is 4.90 Å². The van der Waals surface area contributed by atoms with Crippen LogP contribution in [0.1, 0.15) is 29.5 Å². The molecule has 1 aliphatic carbocycles. The summed E-state index contributed by atoms with van der Waals surface area (Å²) in [5, 5.41) is 2.46. The largest absolute Gasteiger partial charge is 0.445 e. The summed E-state index contributed by atoms with van der Waals surface area (Å²) in [6, 6.07) is 14.7. The second-order valence-corrected chi connectivity index (χ2v) is 10.3. The molecule has 33 heavy (non-hydrogen) atoms. The molecule has 1 aliphatic heterocycles. The molecule has 0 saturated carbocycles. The van der Waals surface area contributed by atoms with E-state index in [9.17, 15) is 18.0 Å². The van der Waals surface area contributed by atoms with Crippen LogP contribution in [-0.2, 0) is 39.0 Å². The van der Waals surface area contributed by atoms with E-state index in [2.05, 4.69) is 5.32 Å². The minimum absolute atomic E-state index is 0.125. The lowest BCUT2D eigenvalue weighted by atomic mass is 9.92. The first-order valence-corrected chi connectivity index (χ1v) is 12.7. The fourth-order valence-corrected chi connectivity index (χ4v) is 5.70. The molecule has 0 radical (unpaired) electrons. The van der Waals surface area contributed by atoms with Gasteiger partial charge in [-0.25, -0.2) is 13.2 Å². The van der Waals surface area contributed by atoms with Crippen molar-refractivity contribution in [2.24, 2.45) is 0 Å². The number of alkyl carbamates (subject to hydrolysis) is 1. The van der Waals surface area contributed by atoms with E-state index in [-0.39, 0.29) is 45.2 Å². The van der Waals surface area contributed by atoms with Gasteiger partial charge in [-0.05, 0) is 54.5 Å². The third kappa shape index (κ3) is 5.72. The Bertz CT molecular complexity index is 1100. The lowest BCUT2D eigenvalue weighted by molar-refractivity contribution is -0.131. The molecule has 2 aliphatic rings. The standard InChI is InChI=1S/C24H29N3O5S/c28-23(17-25-24(29)32-18-19-6-2-1-3-7-19)26-12-14-27(15-13-26)33(30,31)22-11-10-20-8-4-5-9-21(20)16-22/h1-3,6-7,10-11,16H,4-5,8-9,12-15,17-18H2,(H,25,29).